The molecule has 37 heavy (non-hydrogen) atoms. The van der Waals surface area contributed by atoms with Crippen molar-refractivity contribution in [2.24, 2.45) is 0 Å². The average Bonchev–Trinajstić information content (AvgIpc) is 2.97. The molecule has 0 aliphatic carbocycles. The summed E-state index contributed by atoms with van der Waals surface area (Å²) >= 11 is 0. The first-order chi connectivity index (χ1) is 18.2. The van der Waals surface area contributed by atoms with E-state index in [0.717, 1.165) is 72.0 Å². The number of hydrogen-bond donors (Lipinski definition) is 1. The van der Waals surface area contributed by atoms with Crippen LogP contribution in [0.4, 0.5) is 5.82 Å². The normalized spacial score (nSPS) is 13.4. The second-order valence-electron chi connectivity index (χ2n) is 9.31. The number of nitrogens with one attached hydrogen (secondary N) is 1. The molecule has 0 amide bonds. The zero-order chi connectivity index (χ0) is 25.3. The highest BCUT2D eigenvalue weighted by atomic mass is 16.5. The standard InChI is InChI=1S/C31H32N4O2/c36-28(10-7-25-4-3-14-33-22-25)20-24-8-11-29(12-9-24)37-23-27-5-1-2-6-30(27)26-13-15-34-31(21-26)35-18-16-32-17-19-35/h1-6,8-9,11-15,21-22,32H,7,10,16-20,23H2. The molecule has 0 atom stereocenters. The van der Waals surface area contributed by atoms with Gasteiger partial charge in [0.1, 0.15) is 24.0 Å². The van der Waals surface area contributed by atoms with Gasteiger partial charge < -0.3 is 15.0 Å². The van der Waals surface area contributed by atoms with Gasteiger partial charge in [-0.15, -0.1) is 0 Å². The number of ether oxygens (including phenoxy) is 1. The molecule has 1 aliphatic heterocycles. The first kappa shape index (κ1) is 24.7. The summed E-state index contributed by atoms with van der Waals surface area (Å²) in [5.74, 6) is 2.03. The SMILES string of the molecule is O=C(CCc1cccnc1)Cc1ccc(OCc2ccccc2-c2ccnc(N3CCNCC3)c2)cc1. The van der Waals surface area contributed by atoms with Crippen LogP contribution in [-0.4, -0.2) is 41.9 Å². The molecule has 4 aromatic rings. The van der Waals surface area contributed by atoms with Crippen LogP contribution in [-0.2, 0) is 24.2 Å². The van der Waals surface area contributed by atoms with Gasteiger partial charge in [-0.2, -0.15) is 0 Å². The third-order valence-electron chi connectivity index (χ3n) is 6.65. The topological polar surface area (TPSA) is 67.3 Å². The number of aromatic nitrogens is 2. The van der Waals surface area contributed by atoms with Crippen LogP contribution in [0.3, 0.4) is 0 Å². The zero-order valence-corrected chi connectivity index (χ0v) is 21.0. The molecule has 2 aromatic carbocycles. The van der Waals surface area contributed by atoms with Crippen molar-refractivity contribution < 1.29 is 9.53 Å². The van der Waals surface area contributed by atoms with Gasteiger partial charge in [0.25, 0.3) is 0 Å². The van der Waals surface area contributed by atoms with Crippen LogP contribution in [0.1, 0.15) is 23.1 Å². The fraction of sp³-hybridized carbons (Fsp3) is 0.258. The average molecular weight is 493 g/mol. The summed E-state index contributed by atoms with van der Waals surface area (Å²) in [6, 6.07) is 24.3. The van der Waals surface area contributed by atoms with Crippen molar-refractivity contribution in [3.8, 4) is 16.9 Å². The monoisotopic (exact) mass is 492 g/mol. The molecule has 188 valence electrons. The minimum absolute atomic E-state index is 0.226. The predicted molar refractivity (Wildman–Crippen MR) is 147 cm³/mol. The minimum atomic E-state index is 0.226. The van der Waals surface area contributed by atoms with Crippen LogP contribution in [0.25, 0.3) is 11.1 Å². The molecule has 0 unspecified atom stereocenters. The summed E-state index contributed by atoms with van der Waals surface area (Å²) in [6.45, 7) is 4.36. The van der Waals surface area contributed by atoms with Gasteiger partial charge in [0.15, 0.2) is 0 Å². The van der Waals surface area contributed by atoms with E-state index in [1.807, 2.05) is 54.9 Å². The Morgan fingerprint density at radius 2 is 1.76 bits per heavy atom. The van der Waals surface area contributed by atoms with Crippen LogP contribution in [0.2, 0.25) is 0 Å². The molecular formula is C31H32N4O2. The largest absolute Gasteiger partial charge is 0.489 e. The minimum Gasteiger partial charge on any atom is -0.489 e. The number of nitrogens with zero attached hydrogens (tertiary/aromatic N) is 3. The number of pyridine rings is 2. The van der Waals surface area contributed by atoms with Crippen molar-refractivity contribution in [1.29, 1.82) is 0 Å². The van der Waals surface area contributed by atoms with Crippen LogP contribution in [0.15, 0.2) is 91.4 Å². The third-order valence-corrected chi connectivity index (χ3v) is 6.65. The number of Topliss-reactive ketones (excluding diaryl/α,β-unsaturated/α-hetero) is 1. The van der Waals surface area contributed by atoms with Gasteiger partial charge in [0, 0.05) is 57.6 Å². The van der Waals surface area contributed by atoms with E-state index >= 15 is 0 Å². The van der Waals surface area contributed by atoms with Crippen molar-refractivity contribution in [2.75, 3.05) is 31.1 Å². The lowest BCUT2D eigenvalue weighted by Crippen LogP contribution is -2.43. The molecule has 1 saturated heterocycles. The quantitative estimate of drug-likeness (QED) is 0.341. The number of piperazine rings is 1. The highest BCUT2D eigenvalue weighted by molar-refractivity contribution is 5.81. The molecule has 1 aliphatic rings. The van der Waals surface area contributed by atoms with E-state index in [1.54, 1.807) is 6.20 Å². The molecule has 0 bridgehead atoms. The van der Waals surface area contributed by atoms with E-state index in [9.17, 15) is 4.79 Å². The van der Waals surface area contributed by atoms with Crippen LogP contribution in [0.5, 0.6) is 5.75 Å². The van der Waals surface area contributed by atoms with E-state index in [2.05, 4.69) is 50.5 Å². The zero-order valence-electron chi connectivity index (χ0n) is 21.0. The van der Waals surface area contributed by atoms with Gasteiger partial charge in [-0.3, -0.25) is 9.78 Å². The lowest BCUT2D eigenvalue weighted by molar-refractivity contribution is -0.118. The number of hydrogen-bond acceptors (Lipinski definition) is 6. The Bertz CT molecular complexity index is 1300. The molecule has 1 N–H and O–H groups in total. The molecule has 2 aromatic heterocycles. The van der Waals surface area contributed by atoms with Crippen LogP contribution >= 0.6 is 0 Å². The van der Waals surface area contributed by atoms with Crippen molar-refractivity contribution in [3.05, 3.63) is 108 Å². The molecule has 1 fully saturated rings. The maximum absolute atomic E-state index is 12.4. The number of benzene rings is 2. The maximum Gasteiger partial charge on any atom is 0.137 e. The third kappa shape index (κ3) is 6.80. The van der Waals surface area contributed by atoms with Gasteiger partial charge in [0.2, 0.25) is 0 Å². The second kappa shape index (κ2) is 12.3. The summed E-state index contributed by atoms with van der Waals surface area (Å²) in [7, 11) is 0. The molecule has 0 saturated carbocycles. The number of anilines is 1. The Hall–Kier alpha value is -4.03. The lowest BCUT2D eigenvalue weighted by atomic mass is 10.0. The number of rotatable bonds is 10. The van der Waals surface area contributed by atoms with Crippen LogP contribution < -0.4 is 15.0 Å². The van der Waals surface area contributed by atoms with Crippen molar-refractivity contribution >= 4 is 11.6 Å². The molecule has 3 heterocycles. The van der Waals surface area contributed by atoms with E-state index in [4.69, 9.17) is 4.74 Å². The number of carbonyl (C=O) groups is 1. The highest BCUT2D eigenvalue weighted by Gasteiger charge is 2.13. The molecule has 5 rings (SSSR count). The molecule has 6 heteroatoms. The predicted octanol–water partition coefficient (Wildman–Crippen LogP) is 4.88. The van der Waals surface area contributed by atoms with Gasteiger partial charge in [-0.25, -0.2) is 4.98 Å². The van der Waals surface area contributed by atoms with Gasteiger partial charge in [-0.05, 0) is 64.6 Å². The molecule has 0 radical (unpaired) electrons. The first-order valence-electron chi connectivity index (χ1n) is 12.9. The van der Waals surface area contributed by atoms with Crippen molar-refractivity contribution in [2.45, 2.75) is 25.9 Å². The summed E-state index contributed by atoms with van der Waals surface area (Å²) in [5, 5.41) is 3.39. The summed E-state index contributed by atoms with van der Waals surface area (Å²) in [6.07, 6.45) is 7.13. The number of aryl methyl sites for hydroxylation is 1. The van der Waals surface area contributed by atoms with Crippen molar-refractivity contribution in [1.82, 2.24) is 15.3 Å². The highest BCUT2D eigenvalue weighted by Crippen LogP contribution is 2.27. The van der Waals surface area contributed by atoms with E-state index in [0.29, 0.717) is 19.4 Å². The van der Waals surface area contributed by atoms with Gasteiger partial charge in [0.05, 0.1) is 0 Å². The Morgan fingerprint density at radius 3 is 2.57 bits per heavy atom. The van der Waals surface area contributed by atoms with Gasteiger partial charge >= 0.3 is 0 Å². The summed E-state index contributed by atoms with van der Waals surface area (Å²) in [5.41, 5.74) is 5.50. The first-order valence-corrected chi connectivity index (χ1v) is 12.9. The number of ketones is 1. The summed E-state index contributed by atoms with van der Waals surface area (Å²) in [4.78, 5) is 23.5. The Balaban J connectivity index is 1.19. The maximum atomic E-state index is 12.4. The smallest absolute Gasteiger partial charge is 0.137 e. The molecule has 6 nitrogen and oxygen atoms in total. The van der Waals surface area contributed by atoms with E-state index in [1.165, 1.54) is 0 Å². The number of carbonyl (C=O) groups excluding carboxylic acids is 1. The Morgan fingerprint density at radius 1 is 0.919 bits per heavy atom. The second-order valence-corrected chi connectivity index (χ2v) is 9.31. The Labute approximate surface area is 218 Å². The molecule has 0 spiro atoms. The fourth-order valence-corrected chi connectivity index (χ4v) is 4.59. The van der Waals surface area contributed by atoms with E-state index < -0.39 is 0 Å². The van der Waals surface area contributed by atoms with E-state index in [-0.39, 0.29) is 5.78 Å². The van der Waals surface area contributed by atoms with Crippen LogP contribution in [0, 0.1) is 0 Å². The van der Waals surface area contributed by atoms with Gasteiger partial charge in [-0.1, -0.05) is 42.5 Å². The Kier molecular flexibility index (Phi) is 8.18. The van der Waals surface area contributed by atoms with Crippen molar-refractivity contribution in [3.63, 3.8) is 0 Å². The fourth-order valence-electron chi connectivity index (χ4n) is 4.59. The summed E-state index contributed by atoms with van der Waals surface area (Å²) < 4.78 is 6.14. The lowest BCUT2D eigenvalue weighted by Gasteiger charge is -2.28. The molecular weight excluding hydrogens is 460 g/mol.